The largest absolute Gasteiger partial charge is 0.307 e. The normalized spacial score (nSPS) is 11.3. The van der Waals surface area contributed by atoms with Crippen LogP contribution in [0.25, 0.3) is 0 Å². The number of carbonyl (C=O) groups excluding carboxylic acids is 1. The molecule has 2 aromatic rings. The molecule has 4 nitrogen and oxygen atoms in total. The van der Waals surface area contributed by atoms with Gasteiger partial charge in [-0.25, -0.2) is 0 Å². The van der Waals surface area contributed by atoms with Gasteiger partial charge in [-0.3, -0.25) is 4.79 Å². The monoisotopic (exact) mass is 322 g/mol. The molecule has 0 aliphatic carbocycles. The summed E-state index contributed by atoms with van der Waals surface area (Å²) in [5.41, 5.74) is 1.49. The second-order valence-corrected chi connectivity index (χ2v) is 6.83. The third-order valence-electron chi connectivity index (χ3n) is 2.73. The van der Waals surface area contributed by atoms with E-state index in [1.807, 2.05) is 13.0 Å². The maximum Gasteiger partial charge on any atom is 0.307 e. The summed E-state index contributed by atoms with van der Waals surface area (Å²) in [7, 11) is -3.84. The summed E-state index contributed by atoms with van der Waals surface area (Å²) in [6, 6.07) is 15.0. The van der Waals surface area contributed by atoms with Gasteiger partial charge in [-0.15, -0.1) is 0 Å². The molecule has 0 unspecified atom stereocenters. The lowest BCUT2D eigenvalue weighted by Gasteiger charge is -2.04. The lowest BCUT2D eigenvalue weighted by molar-refractivity contribution is 0.102. The first-order chi connectivity index (χ1) is 9.99. The molecule has 0 saturated heterocycles. The summed E-state index contributed by atoms with van der Waals surface area (Å²) in [5.74, 6) is -0.241. The van der Waals surface area contributed by atoms with Crippen molar-refractivity contribution in [3.63, 3.8) is 0 Å². The van der Waals surface area contributed by atoms with Crippen molar-refractivity contribution in [2.24, 2.45) is 0 Å². The number of hydrogen-bond donors (Lipinski definition) is 0. The van der Waals surface area contributed by atoms with Crippen LogP contribution in [-0.2, 0) is 13.7 Å². The van der Waals surface area contributed by atoms with Gasteiger partial charge in [-0.05, 0) is 19.1 Å². The number of carbonyl (C=O) groups is 1. The van der Waals surface area contributed by atoms with Crippen LogP contribution in [-0.4, -0.2) is 20.0 Å². The van der Waals surface area contributed by atoms with Crippen molar-refractivity contribution in [3.05, 3.63) is 65.7 Å². The zero-order valence-corrected chi connectivity index (χ0v) is 13.0. The van der Waals surface area contributed by atoms with Gasteiger partial charge in [0, 0.05) is 17.6 Å². The number of ketones is 1. The van der Waals surface area contributed by atoms with Crippen LogP contribution < -0.4 is 0 Å². The number of hydrogen-bond acceptors (Lipinski definition) is 5. The molecular formula is C15H14O4S2. The fourth-order valence-corrected chi connectivity index (χ4v) is 3.35. The van der Waals surface area contributed by atoms with Gasteiger partial charge in [0.15, 0.2) is 5.78 Å². The first-order valence-corrected chi connectivity index (χ1v) is 8.52. The molecule has 2 rings (SSSR count). The number of benzene rings is 2. The Balaban J connectivity index is 1.94. The Morgan fingerprint density at radius 1 is 1.05 bits per heavy atom. The van der Waals surface area contributed by atoms with Crippen LogP contribution in [0.4, 0.5) is 0 Å². The fourth-order valence-electron chi connectivity index (χ4n) is 1.59. The van der Waals surface area contributed by atoms with Crippen molar-refractivity contribution in [1.82, 2.24) is 0 Å². The summed E-state index contributed by atoms with van der Waals surface area (Å²) >= 11 is 0.625. The van der Waals surface area contributed by atoms with Gasteiger partial charge in [0.2, 0.25) is 0 Å². The Bertz CT molecular complexity index is 707. The highest BCUT2D eigenvalue weighted by molar-refractivity contribution is 8.04. The molecule has 2 aromatic carbocycles. The van der Waals surface area contributed by atoms with Crippen LogP contribution in [0.1, 0.15) is 15.9 Å². The minimum absolute atomic E-state index is 0.0604. The summed E-state index contributed by atoms with van der Waals surface area (Å²) in [6.07, 6.45) is 0. The molecule has 21 heavy (non-hydrogen) atoms. The van der Waals surface area contributed by atoms with E-state index in [0.717, 1.165) is 5.56 Å². The summed E-state index contributed by atoms with van der Waals surface area (Å²) in [4.78, 5) is 11.9. The minimum Gasteiger partial charge on any atom is -0.293 e. The third-order valence-corrected chi connectivity index (χ3v) is 5.06. The molecule has 0 aliphatic rings. The topological polar surface area (TPSA) is 60.4 Å². The zero-order chi connectivity index (χ0) is 15.3. The molecule has 0 bridgehead atoms. The van der Waals surface area contributed by atoms with Crippen molar-refractivity contribution in [1.29, 1.82) is 0 Å². The molecular weight excluding hydrogens is 308 g/mol. The van der Waals surface area contributed by atoms with Crippen molar-refractivity contribution in [2.45, 2.75) is 11.8 Å². The van der Waals surface area contributed by atoms with Crippen LogP contribution in [0.2, 0.25) is 0 Å². The highest BCUT2D eigenvalue weighted by Gasteiger charge is 2.17. The third kappa shape index (κ3) is 4.42. The Labute approximate surface area is 128 Å². The predicted octanol–water partition coefficient (Wildman–Crippen LogP) is 3.23. The summed E-state index contributed by atoms with van der Waals surface area (Å²) < 4.78 is 28.6. The molecule has 0 heterocycles. The van der Waals surface area contributed by atoms with Gasteiger partial charge in [-0.2, -0.15) is 12.0 Å². The van der Waals surface area contributed by atoms with E-state index < -0.39 is 10.1 Å². The van der Waals surface area contributed by atoms with E-state index in [0.29, 0.717) is 17.6 Å². The molecule has 110 valence electrons. The Hall–Kier alpha value is -1.63. The smallest absolute Gasteiger partial charge is 0.293 e. The van der Waals surface area contributed by atoms with Crippen molar-refractivity contribution < 1.29 is 16.8 Å². The van der Waals surface area contributed by atoms with Crippen LogP contribution >= 0.6 is 12.0 Å². The van der Waals surface area contributed by atoms with Gasteiger partial charge in [-0.1, -0.05) is 48.0 Å². The molecule has 0 radical (unpaired) electrons. The zero-order valence-electron chi connectivity index (χ0n) is 11.4. The van der Waals surface area contributed by atoms with Gasteiger partial charge in [0.1, 0.15) is 0 Å². The van der Waals surface area contributed by atoms with E-state index in [9.17, 15) is 13.2 Å². The maximum absolute atomic E-state index is 11.9. The quantitative estimate of drug-likeness (QED) is 0.603. The molecule has 0 amide bonds. The second kappa shape index (κ2) is 6.89. The maximum atomic E-state index is 11.9. The van der Waals surface area contributed by atoms with Gasteiger partial charge >= 0.3 is 10.1 Å². The van der Waals surface area contributed by atoms with Crippen LogP contribution in [0, 0.1) is 6.92 Å². The molecule has 6 heteroatoms. The summed E-state index contributed by atoms with van der Waals surface area (Å²) in [6.45, 7) is 1.87. The van der Waals surface area contributed by atoms with E-state index in [2.05, 4.69) is 0 Å². The highest BCUT2D eigenvalue weighted by Crippen LogP contribution is 2.19. The van der Waals surface area contributed by atoms with Gasteiger partial charge in [0.05, 0.1) is 10.6 Å². The van der Waals surface area contributed by atoms with E-state index in [-0.39, 0.29) is 16.4 Å². The Kier molecular flexibility index (Phi) is 5.17. The number of aryl methyl sites for hydroxylation is 1. The van der Waals surface area contributed by atoms with Gasteiger partial charge < -0.3 is 0 Å². The standard InChI is InChI=1S/C15H14O4S2/c1-12-7-9-14(10-8-12)21(17,18)19-20-11-15(16)13-5-3-2-4-6-13/h2-10H,11H2,1H3. The Morgan fingerprint density at radius 3 is 2.29 bits per heavy atom. The molecule has 0 saturated carbocycles. The number of rotatable bonds is 6. The summed E-state index contributed by atoms with van der Waals surface area (Å²) in [5, 5.41) is 0. The average Bonchev–Trinajstić information content (AvgIpc) is 2.48. The van der Waals surface area contributed by atoms with E-state index in [4.69, 9.17) is 3.63 Å². The average molecular weight is 322 g/mol. The first kappa shape index (κ1) is 15.8. The molecule has 0 aromatic heterocycles. The number of Topliss-reactive ketones (excluding diaryl/α,β-unsaturated/α-hetero) is 1. The van der Waals surface area contributed by atoms with Gasteiger partial charge in [0.25, 0.3) is 0 Å². The molecule has 0 aliphatic heterocycles. The van der Waals surface area contributed by atoms with Crippen LogP contribution in [0.3, 0.4) is 0 Å². The molecule has 0 N–H and O–H groups in total. The molecule has 0 spiro atoms. The fraction of sp³-hybridized carbons (Fsp3) is 0.133. The highest BCUT2D eigenvalue weighted by atomic mass is 32.3. The van der Waals surface area contributed by atoms with E-state index in [1.165, 1.54) is 12.1 Å². The second-order valence-electron chi connectivity index (χ2n) is 4.39. The lowest BCUT2D eigenvalue weighted by Crippen LogP contribution is -2.06. The lowest BCUT2D eigenvalue weighted by atomic mass is 10.2. The minimum atomic E-state index is -3.84. The van der Waals surface area contributed by atoms with Crippen LogP contribution in [0.5, 0.6) is 0 Å². The molecule has 0 atom stereocenters. The predicted molar refractivity (Wildman–Crippen MR) is 82.7 cm³/mol. The van der Waals surface area contributed by atoms with Crippen molar-refractivity contribution in [2.75, 3.05) is 5.75 Å². The van der Waals surface area contributed by atoms with E-state index >= 15 is 0 Å². The van der Waals surface area contributed by atoms with Crippen molar-refractivity contribution in [3.8, 4) is 0 Å². The first-order valence-electron chi connectivity index (χ1n) is 6.20. The Morgan fingerprint density at radius 2 is 1.67 bits per heavy atom. The SMILES string of the molecule is Cc1ccc(S(=O)(=O)OSCC(=O)c2ccccc2)cc1. The van der Waals surface area contributed by atoms with E-state index in [1.54, 1.807) is 36.4 Å². The van der Waals surface area contributed by atoms with Crippen LogP contribution in [0.15, 0.2) is 59.5 Å². The van der Waals surface area contributed by atoms with Crippen molar-refractivity contribution >= 4 is 27.9 Å². The molecule has 0 fully saturated rings.